The number of nitrogens with two attached hydrogens (primary N) is 1. The number of rotatable bonds is 2. The van der Waals surface area contributed by atoms with E-state index in [-0.39, 0.29) is 5.92 Å². The van der Waals surface area contributed by atoms with E-state index in [2.05, 4.69) is 43.0 Å². The van der Waals surface area contributed by atoms with Gasteiger partial charge < -0.3 is 11.1 Å². The van der Waals surface area contributed by atoms with Gasteiger partial charge in [0.25, 0.3) is 0 Å². The van der Waals surface area contributed by atoms with Gasteiger partial charge in [0, 0.05) is 19.0 Å². The van der Waals surface area contributed by atoms with Crippen molar-refractivity contribution in [2.75, 3.05) is 18.8 Å². The standard InChI is InChI=1S/C11H14FIN6/c12-7-3-15-2-1-6(7)4-19-11-8(9(13)18-19)10(14)16-5-17-11/h5-7,15H,1-4H2,(H2,14,16,17)/t6?,7-/m1/s1. The number of nitrogens with one attached hydrogen (secondary N) is 1. The SMILES string of the molecule is Nc1ncnc2c1c(I)nn2CC1CCNC[C@H]1F. The first-order chi connectivity index (χ1) is 9.16. The lowest BCUT2D eigenvalue weighted by Gasteiger charge is -2.26. The molecule has 1 saturated heterocycles. The second-order valence-corrected chi connectivity index (χ2v) is 5.72. The molecule has 3 heterocycles. The predicted molar refractivity (Wildman–Crippen MR) is 78.3 cm³/mol. The molecule has 1 aliphatic heterocycles. The van der Waals surface area contributed by atoms with Crippen LogP contribution < -0.4 is 11.1 Å². The Bertz CT molecular complexity index is 600. The number of hydrogen-bond donors (Lipinski definition) is 2. The highest BCUT2D eigenvalue weighted by Gasteiger charge is 2.26. The molecule has 19 heavy (non-hydrogen) atoms. The Labute approximate surface area is 123 Å². The highest BCUT2D eigenvalue weighted by atomic mass is 127. The van der Waals surface area contributed by atoms with Crippen molar-refractivity contribution in [3.63, 3.8) is 0 Å². The molecule has 1 unspecified atom stereocenters. The van der Waals surface area contributed by atoms with Gasteiger partial charge >= 0.3 is 0 Å². The number of hydrogen-bond acceptors (Lipinski definition) is 5. The van der Waals surface area contributed by atoms with Crippen LogP contribution in [0.3, 0.4) is 0 Å². The van der Waals surface area contributed by atoms with Gasteiger partial charge in [-0.2, -0.15) is 5.10 Å². The lowest BCUT2D eigenvalue weighted by Crippen LogP contribution is -2.39. The van der Waals surface area contributed by atoms with Gasteiger partial charge in [0.2, 0.25) is 0 Å². The van der Waals surface area contributed by atoms with Gasteiger partial charge in [0.1, 0.15) is 22.0 Å². The zero-order chi connectivity index (χ0) is 13.4. The molecule has 0 saturated carbocycles. The molecule has 3 N–H and O–H groups in total. The van der Waals surface area contributed by atoms with Gasteiger partial charge in [0.05, 0.1) is 5.39 Å². The Morgan fingerprint density at radius 1 is 1.53 bits per heavy atom. The van der Waals surface area contributed by atoms with Crippen molar-refractivity contribution in [3.8, 4) is 0 Å². The van der Waals surface area contributed by atoms with Gasteiger partial charge in [-0.1, -0.05) is 0 Å². The van der Waals surface area contributed by atoms with Crippen molar-refractivity contribution >= 4 is 39.4 Å². The summed E-state index contributed by atoms with van der Waals surface area (Å²) in [5.41, 5.74) is 6.52. The van der Waals surface area contributed by atoms with E-state index in [0.717, 1.165) is 22.1 Å². The molecule has 2 atom stereocenters. The molecule has 0 bridgehead atoms. The summed E-state index contributed by atoms with van der Waals surface area (Å²) >= 11 is 2.11. The molecular weight excluding hydrogens is 362 g/mol. The molecule has 2 aromatic rings. The third-order valence-corrected chi connectivity index (χ3v) is 4.22. The van der Waals surface area contributed by atoms with Crippen LogP contribution in [0.1, 0.15) is 6.42 Å². The number of aromatic nitrogens is 4. The summed E-state index contributed by atoms with van der Waals surface area (Å²) in [5, 5.41) is 8.22. The number of fused-ring (bicyclic) bond motifs is 1. The average molecular weight is 376 g/mol. The van der Waals surface area contributed by atoms with E-state index in [4.69, 9.17) is 5.73 Å². The van der Waals surface area contributed by atoms with Crippen LogP contribution in [0.2, 0.25) is 0 Å². The Hall–Kier alpha value is -1.03. The predicted octanol–water partition coefficient (Wildman–Crippen LogP) is 0.961. The first kappa shape index (κ1) is 13.0. The lowest BCUT2D eigenvalue weighted by molar-refractivity contribution is 0.160. The number of nitrogens with zero attached hydrogens (tertiary/aromatic N) is 4. The summed E-state index contributed by atoms with van der Waals surface area (Å²) in [4.78, 5) is 8.19. The fourth-order valence-electron chi connectivity index (χ4n) is 2.42. The van der Waals surface area contributed by atoms with E-state index in [1.807, 2.05) is 0 Å². The van der Waals surface area contributed by atoms with E-state index >= 15 is 0 Å². The molecule has 0 radical (unpaired) electrons. The van der Waals surface area contributed by atoms with Crippen molar-refractivity contribution in [3.05, 3.63) is 10.0 Å². The first-order valence-electron chi connectivity index (χ1n) is 6.14. The molecule has 0 amide bonds. The quantitative estimate of drug-likeness (QED) is 0.764. The second-order valence-electron chi connectivity index (χ2n) is 4.70. The zero-order valence-corrected chi connectivity index (χ0v) is 12.3. The van der Waals surface area contributed by atoms with Crippen molar-refractivity contribution in [1.29, 1.82) is 0 Å². The number of halogens is 2. The van der Waals surface area contributed by atoms with E-state index in [1.54, 1.807) is 4.68 Å². The molecule has 1 aliphatic rings. The third kappa shape index (κ3) is 2.38. The van der Waals surface area contributed by atoms with Crippen molar-refractivity contribution < 1.29 is 4.39 Å². The Kier molecular flexibility index (Phi) is 3.52. The van der Waals surface area contributed by atoms with E-state index in [9.17, 15) is 4.39 Å². The molecule has 102 valence electrons. The molecule has 1 fully saturated rings. The zero-order valence-electron chi connectivity index (χ0n) is 10.2. The Balaban J connectivity index is 1.95. The fourth-order valence-corrected chi connectivity index (χ4v) is 3.19. The van der Waals surface area contributed by atoms with Crippen LogP contribution in [0.25, 0.3) is 11.0 Å². The maximum Gasteiger partial charge on any atom is 0.164 e. The van der Waals surface area contributed by atoms with Crippen LogP contribution in [-0.4, -0.2) is 39.0 Å². The summed E-state index contributed by atoms with van der Waals surface area (Å²) < 4.78 is 16.4. The smallest absolute Gasteiger partial charge is 0.164 e. The normalized spacial score (nSPS) is 23.9. The van der Waals surface area contributed by atoms with E-state index in [0.29, 0.717) is 24.6 Å². The summed E-state index contributed by atoms with van der Waals surface area (Å²) in [6.07, 6.45) is 1.38. The summed E-state index contributed by atoms with van der Waals surface area (Å²) in [6.45, 7) is 1.79. The molecule has 0 aromatic carbocycles. The second kappa shape index (κ2) is 5.16. The van der Waals surface area contributed by atoms with E-state index < -0.39 is 6.17 Å². The molecule has 2 aromatic heterocycles. The van der Waals surface area contributed by atoms with Crippen LogP contribution in [-0.2, 0) is 6.54 Å². The lowest BCUT2D eigenvalue weighted by atomic mass is 9.96. The summed E-state index contributed by atoms with van der Waals surface area (Å²) in [6, 6.07) is 0. The molecule has 8 heteroatoms. The minimum atomic E-state index is -0.843. The number of nitrogen functional groups attached to an aromatic ring is 1. The highest BCUT2D eigenvalue weighted by Crippen LogP contribution is 2.25. The Morgan fingerprint density at radius 3 is 3.16 bits per heavy atom. The van der Waals surface area contributed by atoms with Gasteiger partial charge in [-0.3, -0.25) is 0 Å². The van der Waals surface area contributed by atoms with Gasteiger partial charge in [-0.25, -0.2) is 19.0 Å². The highest BCUT2D eigenvalue weighted by molar-refractivity contribution is 14.1. The minimum absolute atomic E-state index is 0.0312. The largest absolute Gasteiger partial charge is 0.383 e. The van der Waals surface area contributed by atoms with Crippen LogP contribution in [0.4, 0.5) is 10.2 Å². The van der Waals surface area contributed by atoms with Crippen molar-refractivity contribution in [1.82, 2.24) is 25.1 Å². The molecular formula is C11H14FIN6. The van der Waals surface area contributed by atoms with Gasteiger partial charge in [-0.05, 0) is 35.6 Å². The van der Waals surface area contributed by atoms with Crippen LogP contribution in [0, 0.1) is 9.62 Å². The maximum absolute atomic E-state index is 13.9. The third-order valence-electron chi connectivity index (χ3n) is 3.47. The maximum atomic E-state index is 13.9. The number of piperidine rings is 1. The topological polar surface area (TPSA) is 81.7 Å². The average Bonchev–Trinajstić information content (AvgIpc) is 2.71. The first-order valence-corrected chi connectivity index (χ1v) is 7.22. The summed E-state index contributed by atoms with van der Waals surface area (Å²) in [5.74, 6) is 0.388. The van der Waals surface area contributed by atoms with Crippen LogP contribution in [0.15, 0.2) is 6.33 Å². The van der Waals surface area contributed by atoms with Gasteiger partial charge in [-0.15, -0.1) is 0 Å². The van der Waals surface area contributed by atoms with E-state index in [1.165, 1.54) is 6.33 Å². The van der Waals surface area contributed by atoms with Crippen LogP contribution in [0.5, 0.6) is 0 Å². The summed E-state index contributed by atoms with van der Waals surface area (Å²) in [7, 11) is 0. The Morgan fingerprint density at radius 2 is 2.37 bits per heavy atom. The number of alkyl halides is 1. The molecule has 0 aliphatic carbocycles. The van der Waals surface area contributed by atoms with Crippen molar-refractivity contribution in [2.45, 2.75) is 19.1 Å². The molecule has 3 rings (SSSR count). The van der Waals surface area contributed by atoms with Crippen LogP contribution >= 0.6 is 22.6 Å². The van der Waals surface area contributed by atoms with Gasteiger partial charge in [0.15, 0.2) is 5.65 Å². The minimum Gasteiger partial charge on any atom is -0.383 e. The molecule has 0 spiro atoms. The monoisotopic (exact) mass is 376 g/mol. The number of anilines is 1. The fraction of sp³-hybridized carbons (Fsp3) is 0.545. The molecule has 6 nitrogen and oxygen atoms in total. The van der Waals surface area contributed by atoms with Crippen molar-refractivity contribution in [2.24, 2.45) is 5.92 Å².